The van der Waals surface area contributed by atoms with Crippen molar-refractivity contribution in [3.63, 3.8) is 0 Å². The first kappa shape index (κ1) is 27.0. The Kier molecular flexibility index (Phi) is 10.4. The zero-order valence-corrected chi connectivity index (χ0v) is 21.4. The summed E-state index contributed by atoms with van der Waals surface area (Å²) in [5.41, 5.74) is 3.72. The summed E-state index contributed by atoms with van der Waals surface area (Å²) in [5, 5.41) is 19.0. The first-order chi connectivity index (χ1) is 16.9. The number of hydrogen-bond donors (Lipinski definition) is 2. The highest BCUT2D eigenvalue weighted by atomic mass is 35.5. The number of benzene rings is 2. The number of hydrogen-bond acceptors (Lipinski definition) is 6. The van der Waals surface area contributed by atoms with Crippen molar-refractivity contribution in [3.8, 4) is 22.5 Å². The number of halogens is 2. The molecule has 0 aliphatic heterocycles. The van der Waals surface area contributed by atoms with E-state index in [1.165, 1.54) is 0 Å². The molecule has 8 heteroatoms. The van der Waals surface area contributed by atoms with Crippen LogP contribution in [-0.2, 0) is 19.3 Å². The number of oxazole rings is 2. The van der Waals surface area contributed by atoms with Crippen LogP contribution in [0.4, 0.5) is 0 Å². The molecule has 2 heterocycles. The first-order valence-corrected chi connectivity index (χ1v) is 12.4. The second-order valence-corrected chi connectivity index (χ2v) is 8.79. The van der Waals surface area contributed by atoms with E-state index in [-0.39, 0.29) is 13.2 Å². The standard InChI is InChI=1S/C14H16ClNO2.C13H14ClNO2/c1-2-12-14(10-5-7-11(15)8-6-10)16-13(18-12)4-3-9-17;1-9-13(10-4-6-11(14)7-5-10)15-12(17-9)3-2-8-16/h5-8,17H,2-4,9H2,1H3;4-7,16H,2-3,8H2,1H3. The van der Waals surface area contributed by atoms with Crippen molar-refractivity contribution in [2.24, 2.45) is 0 Å². The number of aromatic nitrogens is 2. The smallest absolute Gasteiger partial charge is 0.195 e. The van der Waals surface area contributed by atoms with Crippen molar-refractivity contribution in [2.45, 2.75) is 46.0 Å². The number of aryl methyl sites for hydroxylation is 4. The van der Waals surface area contributed by atoms with Gasteiger partial charge in [-0.15, -0.1) is 0 Å². The summed E-state index contributed by atoms with van der Waals surface area (Å²) in [6.45, 7) is 4.23. The maximum absolute atomic E-state index is 8.82. The molecule has 0 bridgehead atoms. The molecule has 4 aromatic rings. The van der Waals surface area contributed by atoms with Crippen molar-refractivity contribution >= 4 is 23.2 Å². The summed E-state index contributed by atoms with van der Waals surface area (Å²) in [6, 6.07) is 15.1. The van der Waals surface area contributed by atoms with Gasteiger partial charge in [0.25, 0.3) is 0 Å². The van der Waals surface area contributed by atoms with Gasteiger partial charge in [-0.05, 0) is 44.0 Å². The van der Waals surface area contributed by atoms with Crippen LogP contribution < -0.4 is 0 Å². The Morgan fingerprint density at radius 3 is 1.66 bits per heavy atom. The number of aliphatic hydroxyl groups is 2. The number of nitrogens with zero attached hydrogens (tertiary/aromatic N) is 2. The van der Waals surface area contributed by atoms with Crippen LogP contribution in [0, 0.1) is 6.92 Å². The topological polar surface area (TPSA) is 92.5 Å². The van der Waals surface area contributed by atoms with E-state index in [0.29, 0.717) is 47.5 Å². The first-order valence-electron chi connectivity index (χ1n) is 11.6. The highest BCUT2D eigenvalue weighted by Crippen LogP contribution is 2.27. The van der Waals surface area contributed by atoms with Gasteiger partial charge in [-0.3, -0.25) is 0 Å². The summed E-state index contributed by atoms with van der Waals surface area (Å²) in [7, 11) is 0. The number of rotatable bonds is 9. The van der Waals surface area contributed by atoms with Crippen molar-refractivity contribution < 1.29 is 19.0 Å². The molecule has 35 heavy (non-hydrogen) atoms. The SMILES string of the molecule is CCc1oc(CCCO)nc1-c1ccc(Cl)cc1.Cc1oc(CCCO)nc1-c1ccc(Cl)cc1. The Morgan fingerprint density at radius 1 is 0.714 bits per heavy atom. The van der Waals surface area contributed by atoms with Crippen LogP contribution in [0.25, 0.3) is 22.5 Å². The molecule has 2 N–H and O–H groups in total. The van der Waals surface area contributed by atoms with Gasteiger partial charge in [-0.1, -0.05) is 54.4 Å². The Balaban J connectivity index is 0.000000196. The largest absolute Gasteiger partial charge is 0.445 e. The molecule has 2 aromatic carbocycles. The van der Waals surface area contributed by atoms with Crippen LogP contribution in [0.2, 0.25) is 10.0 Å². The molecule has 0 atom stereocenters. The van der Waals surface area contributed by atoms with E-state index in [4.69, 9.17) is 42.2 Å². The van der Waals surface area contributed by atoms with E-state index in [1.54, 1.807) is 0 Å². The third kappa shape index (κ3) is 7.67. The molecule has 0 fully saturated rings. The molecular formula is C27H30Cl2N2O4. The average molecular weight is 517 g/mol. The highest BCUT2D eigenvalue weighted by molar-refractivity contribution is 6.30. The van der Waals surface area contributed by atoms with Crippen molar-refractivity contribution in [2.75, 3.05) is 13.2 Å². The second-order valence-electron chi connectivity index (χ2n) is 7.91. The fourth-order valence-electron chi connectivity index (χ4n) is 3.47. The molecule has 0 amide bonds. The van der Waals surface area contributed by atoms with Gasteiger partial charge in [-0.25, -0.2) is 9.97 Å². The van der Waals surface area contributed by atoms with Gasteiger partial charge in [0.15, 0.2) is 11.8 Å². The van der Waals surface area contributed by atoms with Gasteiger partial charge in [-0.2, -0.15) is 0 Å². The zero-order valence-electron chi connectivity index (χ0n) is 19.9. The fourth-order valence-corrected chi connectivity index (χ4v) is 3.73. The van der Waals surface area contributed by atoms with Crippen molar-refractivity contribution in [1.82, 2.24) is 9.97 Å². The zero-order chi connectivity index (χ0) is 25.2. The van der Waals surface area contributed by atoms with Crippen LogP contribution in [-0.4, -0.2) is 33.4 Å². The van der Waals surface area contributed by atoms with E-state index < -0.39 is 0 Å². The third-order valence-corrected chi connectivity index (χ3v) is 5.74. The Hall–Kier alpha value is -2.64. The molecule has 6 nitrogen and oxygen atoms in total. The van der Waals surface area contributed by atoms with Gasteiger partial charge in [0.2, 0.25) is 0 Å². The summed E-state index contributed by atoms with van der Waals surface area (Å²) in [6.07, 6.45) is 3.45. The minimum Gasteiger partial charge on any atom is -0.445 e. The van der Waals surface area contributed by atoms with Gasteiger partial charge in [0.1, 0.15) is 22.9 Å². The van der Waals surface area contributed by atoms with E-state index in [1.807, 2.05) is 62.4 Å². The van der Waals surface area contributed by atoms with Gasteiger partial charge in [0.05, 0.1) is 0 Å². The molecule has 0 aliphatic rings. The Morgan fingerprint density at radius 2 is 1.17 bits per heavy atom. The molecule has 0 radical (unpaired) electrons. The lowest BCUT2D eigenvalue weighted by Gasteiger charge is -1.98. The maximum atomic E-state index is 8.82. The monoisotopic (exact) mass is 516 g/mol. The Labute approximate surface area is 215 Å². The maximum Gasteiger partial charge on any atom is 0.195 e. The predicted molar refractivity (Wildman–Crippen MR) is 139 cm³/mol. The summed E-state index contributed by atoms with van der Waals surface area (Å²) < 4.78 is 11.2. The quantitative estimate of drug-likeness (QED) is 0.256. The summed E-state index contributed by atoms with van der Waals surface area (Å²) in [5.74, 6) is 3.03. The molecule has 0 aliphatic carbocycles. The lowest BCUT2D eigenvalue weighted by molar-refractivity contribution is 0.282. The van der Waals surface area contributed by atoms with Crippen LogP contribution in [0.1, 0.15) is 43.1 Å². The lowest BCUT2D eigenvalue weighted by Crippen LogP contribution is -1.89. The summed E-state index contributed by atoms with van der Waals surface area (Å²) >= 11 is 11.7. The van der Waals surface area contributed by atoms with Crippen molar-refractivity contribution in [3.05, 3.63) is 81.9 Å². The fraction of sp³-hybridized carbons (Fsp3) is 0.333. The van der Waals surface area contributed by atoms with Crippen LogP contribution in [0.5, 0.6) is 0 Å². The molecule has 0 saturated carbocycles. The highest BCUT2D eigenvalue weighted by Gasteiger charge is 2.13. The van der Waals surface area contributed by atoms with Gasteiger partial charge in [0, 0.05) is 53.6 Å². The van der Waals surface area contributed by atoms with Crippen LogP contribution >= 0.6 is 23.2 Å². The van der Waals surface area contributed by atoms with E-state index in [2.05, 4.69) is 9.97 Å². The minimum absolute atomic E-state index is 0.151. The van der Waals surface area contributed by atoms with E-state index >= 15 is 0 Å². The molecule has 0 saturated heterocycles. The molecule has 0 unspecified atom stereocenters. The third-order valence-electron chi connectivity index (χ3n) is 5.24. The Bertz CT molecular complexity index is 1190. The van der Waals surface area contributed by atoms with Crippen molar-refractivity contribution in [1.29, 1.82) is 0 Å². The predicted octanol–water partition coefficient (Wildman–Crippen LogP) is 6.71. The second kappa shape index (κ2) is 13.4. The van der Waals surface area contributed by atoms with E-state index in [0.717, 1.165) is 40.5 Å². The molecule has 4 rings (SSSR count). The minimum atomic E-state index is 0.151. The van der Waals surface area contributed by atoms with Crippen LogP contribution in [0.3, 0.4) is 0 Å². The average Bonchev–Trinajstić information content (AvgIpc) is 3.46. The molecule has 0 spiro atoms. The molecule has 2 aromatic heterocycles. The van der Waals surface area contributed by atoms with Gasteiger partial charge < -0.3 is 19.0 Å². The van der Waals surface area contributed by atoms with Gasteiger partial charge >= 0.3 is 0 Å². The normalized spacial score (nSPS) is 10.8. The lowest BCUT2D eigenvalue weighted by atomic mass is 10.1. The van der Waals surface area contributed by atoms with Crippen LogP contribution in [0.15, 0.2) is 57.4 Å². The van der Waals surface area contributed by atoms with E-state index in [9.17, 15) is 0 Å². The molecule has 186 valence electrons. The molecular weight excluding hydrogens is 487 g/mol. The number of aliphatic hydroxyl groups excluding tert-OH is 2. The summed E-state index contributed by atoms with van der Waals surface area (Å²) in [4.78, 5) is 8.92.